The second-order valence-corrected chi connectivity index (χ2v) is 8.78. The number of nitrogens with zero attached hydrogens (tertiary/aromatic N) is 4. The maximum absolute atomic E-state index is 13.2. The van der Waals surface area contributed by atoms with E-state index in [1.165, 1.54) is 42.4 Å². The molecule has 1 aliphatic heterocycles. The van der Waals surface area contributed by atoms with Crippen molar-refractivity contribution >= 4 is 44.1 Å². The molecule has 1 aliphatic rings. The topological polar surface area (TPSA) is 131 Å². The predicted octanol–water partition coefficient (Wildman–Crippen LogP) is 2.48. The number of imidazole rings is 1. The summed E-state index contributed by atoms with van der Waals surface area (Å²) in [5.41, 5.74) is 2.92. The number of hydrogen-bond donors (Lipinski definition) is 1. The van der Waals surface area contributed by atoms with Crippen molar-refractivity contribution in [3.63, 3.8) is 0 Å². The summed E-state index contributed by atoms with van der Waals surface area (Å²) in [6.07, 6.45) is 4.40. The van der Waals surface area contributed by atoms with Gasteiger partial charge in [-0.05, 0) is 24.6 Å². The van der Waals surface area contributed by atoms with E-state index in [9.17, 15) is 22.8 Å². The lowest BCUT2D eigenvalue weighted by Gasteiger charge is -2.30. The van der Waals surface area contributed by atoms with Gasteiger partial charge < -0.3 is 4.90 Å². The van der Waals surface area contributed by atoms with Crippen molar-refractivity contribution in [2.45, 2.75) is 44.9 Å². The third-order valence-corrected chi connectivity index (χ3v) is 6.54. The normalized spacial score (nSPS) is 16.3. The molecule has 0 saturated carbocycles. The van der Waals surface area contributed by atoms with Crippen LogP contribution in [0.15, 0.2) is 40.6 Å². The lowest BCUT2D eigenvalue weighted by atomic mass is 10.1. The van der Waals surface area contributed by atoms with Gasteiger partial charge in [-0.25, -0.2) is 18.8 Å². The second-order valence-electron chi connectivity index (χ2n) is 6.94. The van der Waals surface area contributed by atoms with Gasteiger partial charge in [-0.15, -0.1) is 0 Å². The second kappa shape index (κ2) is 8.80. The lowest BCUT2D eigenvalue weighted by Crippen LogP contribution is -2.46. The summed E-state index contributed by atoms with van der Waals surface area (Å²) in [5, 5.41) is 3.11. The van der Waals surface area contributed by atoms with Crippen LogP contribution in [0.3, 0.4) is 0 Å². The number of anilines is 2. The number of benzene rings is 1. The predicted molar refractivity (Wildman–Crippen MR) is 115 cm³/mol. The van der Waals surface area contributed by atoms with Gasteiger partial charge in [0.15, 0.2) is 5.78 Å². The fourth-order valence-electron chi connectivity index (χ4n) is 3.16. The fourth-order valence-corrected chi connectivity index (χ4v) is 4.57. The molecule has 0 radical (unpaired) electrons. The maximum atomic E-state index is 13.2. The van der Waals surface area contributed by atoms with Crippen molar-refractivity contribution in [1.82, 2.24) is 9.55 Å². The molecule has 3 rings (SSSR count). The average Bonchev–Trinajstić information content (AvgIpc) is 3.21. The Labute approximate surface area is 179 Å². The van der Waals surface area contributed by atoms with Crippen molar-refractivity contribution in [2.24, 2.45) is 5.10 Å². The highest BCUT2D eigenvalue weighted by Crippen LogP contribution is 2.34. The van der Waals surface area contributed by atoms with E-state index in [1.807, 2.05) is 6.92 Å². The minimum absolute atomic E-state index is 0.0159. The monoisotopic (exact) mass is 445 g/mol. The molecular formula is C20H23N5O5S. The van der Waals surface area contributed by atoms with Crippen LogP contribution in [0.4, 0.5) is 11.6 Å². The standard InChI is InChI=1S/C20H23N5O5S/c1-4-6-10-25-15-12-14(16(27)5-2)7-8-17(15)31(29,30)18(19(25)28)22-23-20-21-9-11-24(20)13(3)26/h7-9,11-12H,4-6,10H2,1-3H3,(H,21,23). The molecule has 0 fully saturated rings. The Balaban J connectivity index is 2.11. The van der Waals surface area contributed by atoms with Gasteiger partial charge in [0.25, 0.3) is 5.91 Å². The summed E-state index contributed by atoms with van der Waals surface area (Å²) < 4.78 is 27.5. The molecule has 164 valence electrons. The van der Waals surface area contributed by atoms with E-state index in [2.05, 4.69) is 15.5 Å². The molecule has 1 amide bonds. The van der Waals surface area contributed by atoms with Crippen LogP contribution in [0.5, 0.6) is 0 Å². The Morgan fingerprint density at radius 2 is 1.97 bits per heavy atom. The van der Waals surface area contributed by atoms with Gasteiger partial charge in [0.1, 0.15) is 0 Å². The third-order valence-electron chi connectivity index (χ3n) is 4.84. The molecule has 0 saturated heterocycles. The average molecular weight is 446 g/mol. The molecular weight excluding hydrogens is 422 g/mol. The number of ketones is 1. The van der Waals surface area contributed by atoms with E-state index in [4.69, 9.17) is 0 Å². The van der Waals surface area contributed by atoms with Gasteiger partial charge in [0.2, 0.25) is 26.7 Å². The first-order valence-electron chi connectivity index (χ1n) is 9.84. The zero-order chi connectivity index (χ0) is 22.8. The summed E-state index contributed by atoms with van der Waals surface area (Å²) in [6, 6.07) is 4.20. The molecule has 0 bridgehead atoms. The zero-order valence-electron chi connectivity index (χ0n) is 17.5. The highest BCUT2D eigenvalue weighted by Gasteiger charge is 2.42. The van der Waals surface area contributed by atoms with Gasteiger partial charge in [-0.3, -0.25) is 19.0 Å². The minimum Gasteiger partial charge on any atom is -0.305 e. The Bertz CT molecular complexity index is 1180. The maximum Gasteiger partial charge on any atom is 0.290 e. The van der Waals surface area contributed by atoms with Crippen LogP contribution < -0.4 is 10.3 Å². The molecule has 0 unspecified atom stereocenters. The van der Waals surface area contributed by atoms with E-state index in [-0.39, 0.29) is 41.2 Å². The number of hydrazone groups is 1. The van der Waals surface area contributed by atoms with E-state index in [1.54, 1.807) is 6.92 Å². The van der Waals surface area contributed by atoms with Crippen molar-refractivity contribution < 1.29 is 22.8 Å². The van der Waals surface area contributed by atoms with Gasteiger partial charge in [0.05, 0.1) is 10.6 Å². The van der Waals surface area contributed by atoms with E-state index < -0.39 is 20.8 Å². The number of aromatic nitrogens is 2. The number of Topliss-reactive ketones (excluding diaryl/α,β-unsaturated/α-hetero) is 1. The number of hydrogen-bond acceptors (Lipinski definition) is 8. The number of amides is 1. The van der Waals surface area contributed by atoms with Crippen LogP contribution in [0, 0.1) is 0 Å². The van der Waals surface area contributed by atoms with E-state index in [0.717, 1.165) is 11.0 Å². The first kappa shape index (κ1) is 22.3. The summed E-state index contributed by atoms with van der Waals surface area (Å²) in [4.78, 5) is 42.0. The van der Waals surface area contributed by atoms with E-state index >= 15 is 0 Å². The van der Waals surface area contributed by atoms with Gasteiger partial charge in [-0.2, -0.15) is 5.10 Å². The van der Waals surface area contributed by atoms with Gasteiger partial charge in [-0.1, -0.05) is 20.3 Å². The van der Waals surface area contributed by atoms with Crippen molar-refractivity contribution in [3.8, 4) is 0 Å². The highest BCUT2D eigenvalue weighted by molar-refractivity contribution is 8.08. The Kier molecular flexibility index (Phi) is 6.34. The minimum atomic E-state index is -4.26. The van der Waals surface area contributed by atoms with Gasteiger partial charge in [0, 0.05) is 37.8 Å². The molecule has 2 aromatic rings. The Morgan fingerprint density at radius 3 is 2.61 bits per heavy atom. The number of unbranched alkanes of at least 4 members (excludes halogenated alkanes) is 1. The van der Waals surface area contributed by atoms with Crippen LogP contribution >= 0.6 is 0 Å². The quantitative estimate of drug-likeness (QED) is 0.512. The SMILES string of the molecule is CCCCN1C(=O)C(=NNc2nccn2C(C)=O)S(=O)(=O)c2ccc(C(=O)CC)cc21. The molecule has 0 aliphatic carbocycles. The lowest BCUT2D eigenvalue weighted by molar-refractivity contribution is -0.112. The number of fused-ring (bicyclic) bond motifs is 1. The number of nitrogens with one attached hydrogen (secondary N) is 1. The molecule has 10 nitrogen and oxygen atoms in total. The largest absolute Gasteiger partial charge is 0.305 e. The summed E-state index contributed by atoms with van der Waals surface area (Å²) in [7, 11) is -4.26. The van der Waals surface area contributed by atoms with Crippen LogP contribution in [0.2, 0.25) is 0 Å². The smallest absolute Gasteiger partial charge is 0.290 e. The molecule has 0 spiro atoms. The van der Waals surface area contributed by atoms with Crippen LogP contribution in [0.25, 0.3) is 0 Å². The van der Waals surface area contributed by atoms with Crippen molar-refractivity contribution in [3.05, 3.63) is 36.2 Å². The number of carbonyl (C=O) groups is 3. The Morgan fingerprint density at radius 1 is 1.23 bits per heavy atom. The van der Waals surface area contributed by atoms with Crippen molar-refractivity contribution in [2.75, 3.05) is 16.9 Å². The first-order valence-corrected chi connectivity index (χ1v) is 11.3. The zero-order valence-corrected chi connectivity index (χ0v) is 18.3. The summed E-state index contributed by atoms with van der Waals surface area (Å²) in [6.45, 7) is 5.23. The van der Waals surface area contributed by atoms with Crippen LogP contribution in [-0.4, -0.2) is 47.2 Å². The molecule has 0 atom stereocenters. The first-order chi connectivity index (χ1) is 14.7. The molecule has 1 N–H and O–H groups in total. The van der Waals surface area contributed by atoms with Crippen LogP contribution in [0.1, 0.15) is 55.2 Å². The third kappa shape index (κ3) is 4.13. The molecule has 31 heavy (non-hydrogen) atoms. The number of rotatable bonds is 7. The van der Waals surface area contributed by atoms with Crippen molar-refractivity contribution in [1.29, 1.82) is 0 Å². The van der Waals surface area contributed by atoms with E-state index in [0.29, 0.717) is 12.0 Å². The molecule has 1 aromatic carbocycles. The number of sulfone groups is 1. The number of carbonyl (C=O) groups excluding carboxylic acids is 3. The highest BCUT2D eigenvalue weighted by atomic mass is 32.2. The molecule has 1 aromatic heterocycles. The molecule has 11 heteroatoms. The molecule has 2 heterocycles. The Hall–Kier alpha value is -3.34. The van der Waals surface area contributed by atoms with Crippen LogP contribution in [-0.2, 0) is 14.6 Å². The fraction of sp³-hybridized carbons (Fsp3) is 0.350. The summed E-state index contributed by atoms with van der Waals surface area (Å²) in [5.74, 6) is -1.34. The van der Waals surface area contributed by atoms with Gasteiger partial charge >= 0.3 is 0 Å². The summed E-state index contributed by atoms with van der Waals surface area (Å²) >= 11 is 0.